The zero-order chi connectivity index (χ0) is 15.1. The lowest BCUT2D eigenvalue weighted by Crippen LogP contribution is -2.23. The van der Waals surface area contributed by atoms with Gasteiger partial charge in [-0.05, 0) is 18.9 Å². The number of aromatic nitrogens is 3. The van der Waals surface area contributed by atoms with Gasteiger partial charge in [0.25, 0.3) is 0 Å². The molecule has 1 N–H and O–H groups in total. The van der Waals surface area contributed by atoms with Gasteiger partial charge in [-0.3, -0.25) is 4.98 Å². The minimum absolute atomic E-state index is 0.374. The molecule has 0 aromatic carbocycles. The number of nitrogens with zero attached hydrogens (tertiary/aromatic N) is 3. The number of rotatable bonds is 9. The van der Waals surface area contributed by atoms with Gasteiger partial charge in [0.05, 0.1) is 17.9 Å². The lowest BCUT2D eigenvalue weighted by molar-refractivity contribution is 0.358. The standard InChI is InChI=1S/C17H28N4/c1-4-7-8-14(5-2)11-16(19-6-3)15-12-20-21-10-9-18-13-17(15)21/h9-10,12-14,16,19H,4-8,11H2,1-3H3. The molecule has 0 spiro atoms. The quantitative estimate of drug-likeness (QED) is 0.758. The van der Waals surface area contributed by atoms with Gasteiger partial charge < -0.3 is 5.32 Å². The summed E-state index contributed by atoms with van der Waals surface area (Å²) in [6.07, 6.45) is 14.0. The van der Waals surface area contributed by atoms with Gasteiger partial charge in [-0.2, -0.15) is 5.10 Å². The van der Waals surface area contributed by atoms with Crippen LogP contribution in [0.15, 0.2) is 24.8 Å². The van der Waals surface area contributed by atoms with Gasteiger partial charge in [0.15, 0.2) is 0 Å². The van der Waals surface area contributed by atoms with E-state index in [-0.39, 0.29) is 0 Å². The molecule has 2 atom stereocenters. The second-order valence-corrected chi connectivity index (χ2v) is 5.77. The summed E-state index contributed by atoms with van der Waals surface area (Å²) in [5, 5.41) is 8.09. The van der Waals surface area contributed by atoms with E-state index in [4.69, 9.17) is 0 Å². The molecule has 2 unspecified atom stereocenters. The van der Waals surface area contributed by atoms with E-state index in [9.17, 15) is 0 Å². The van der Waals surface area contributed by atoms with Crippen LogP contribution in [0.4, 0.5) is 0 Å². The van der Waals surface area contributed by atoms with Crippen LogP contribution in [0.25, 0.3) is 5.52 Å². The van der Waals surface area contributed by atoms with E-state index < -0.39 is 0 Å². The van der Waals surface area contributed by atoms with E-state index in [1.807, 2.05) is 23.1 Å². The van der Waals surface area contributed by atoms with Crippen molar-refractivity contribution in [2.75, 3.05) is 6.54 Å². The first-order valence-electron chi connectivity index (χ1n) is 8.30. The normalized spacial score (nSPS) is 14.4. The molecule has 2 aromatic heterocycles. The summed E-state index contributed by atoms with van der Waals surface area (Å²) in [5.74, 6) is 0.778. The Hall–Kier alpha value is -1.42. The molecule has 0 fully saturated rings. The van der Waals surface area contributed by atoms with E-state index in [0.29, 0.717) is 6.04 Å². The van der Waals surface area contributed by atoms with Crippen LogP contribution in [0.3, 0.4) is 0 Å². The summed E-state index contributed by atoms with van der Waals surface area (Å²) in [7, 11) is 0. The molecule has 116 valence electrons. The van der Waals surface area contributed by atoms with Crippen molar-refractivity contribution >= 4 is 5.52 Å². The first kappa shape index (κ1) is 16.0. The molecule has 0 saturated carbocycles. The molecule has 0 bridgehead atoms. The zero-order valence-corrected chi connectivity index (χ0v) is 13.5. The maximum atomic E-state index is 4.45. The fourth-order valence-corrected chi connectivity index (χ4v) is 3.00. The monoisotopic (exact) mass is 288 g/mol. The average Bonchev–Trinajstić information content (AvgIpc) is 2.94. The van der Waals surface area contributed by atoms with Crippen molar-refractivity contribution in [1.82, 2.24) is 19.9 Å². The van der Waals surface area contributed by atoms with Crippen molar-refractivity contribution < 1.29 is 0 Å². The SMILES string of the molecule is CCCCC(CC)CC(NCC)c1cnn2ccncc12. The summed E-state index contributed by atoms with van der Waals surface area (Å²) in [5.41, 5.74) is 2.40. The third kappa shape index (κ3) is 4.03. The molecular formula is C17H28N4. The average molecular weight is 288 g/mol. The first-order chi connectivity index (χ1) is 10.3. The van der Waals surface area contributed by atoms with E-state index >= 15 is 0 Å². The predicted molar refractivity (Wildman–Crippen MR) is 87.3 cm³/mol. The summed E-state index contributed by atoms with van der Waals surface area (Å²) in [4.78, 5) is 4.25. The maximum Gasteiger partial charge on any atom is 0.0892 e. The Labute approximate surface area is 128 Å². The Kier molecular flexibility index (Phi) is 6.18. The first-order valence-corrected chi connectivity index (χ1v) is 8.30. The molecule has 2 rings (SSSR count). The molecule has 0 amide bonds. The summed E-state index contributed by atoms with van der Waals surface area (Å²) >= 11 is 0. The van der Waals surface area contributed by atoms with Crippen LogP contribution in [0.1, 0.15) is 64.5 Å². The van der Waals surface area contributed by atoms with Crippen LogP contribution in [0.2, 0.25) is 0 Å². The molecular weight excluding hydrogens is 260 g/mol. The summed E-state index contributed by atoms with van der Waals surface area (Å²) < 4.78 is 1.92. The number of hydrogen-bond acceptors (Lipinski definition) is 3. The molecule has 4 nitrogen and oxygen atoms in total. The fourth-order valence-electron chi connectivity index (χ4n) is 3.00. The fraction of sp³-hybridized carbons (Fsp3) is 0.647. The molecule has 2 heterocycles. The van der Waals surface area contributed by atoms with Gasteiger partial charge in [0.1, 0.15) is 0 Å². The Morgan fingerprint density at radius 3 is 2.81 bits per heavy atom. The number of nitrogens with one attached hydrogen (secondary N) is 1. The molecule has 0 saturated heterocycles. The van der Waals surface area contributed by atoms with Crippen LogP contribution in [-0.4, -0.2) is 21.1 Å². The minimum atomic E-state index is 0.374. The number of hydrogen-bond donors (Lipinski definition) is 1. The number of unbranched alkanes of at least 4 members (excludes halogenated alkanes) is 1. The van der Waals surface area contributed by atoms with Gasteiger partial charge in [0.2, 0.25) is 0 Å². The highest BCUT2D eigenvalue weighted by atomic mass is 15.2. The van der Waals surface area contributed by atoms with E-state index in [2.05, 4.69) is 36.2 Å². The maximum absolute atomic E-state index is 4.45. The minimum Gasteiger partial charge on any atom is -0.310 e. The van der Waals surface area contributed by atoms with Crippen LogP contribution in [0.5, 0.6) is 0 Å². The third-order valence-corrected chi connectivity index (χ3v) is 4.29. The van der Waals surface area contributed by atoms with Crippen LogP contribution in [0, 0.1) is 5.92 Å². The summed E-state index contributed by atoms with van der Waals surface area (Å²) in [6.45, 7) is 7.73. The largest absolute Gasteiger partial charge is 0.310 e. The highest BCUT2D eigenvalue weighted by molar-refractivity contribution is 5.53. The van der Waals surface area contributed by atoms with Crippen molar-refractivity contribution in [1.29, 1.82) is 0 Å². The zero-order valence-electron chi connectivity index (χ0n) is 13.5. The predicted octanol–water partition coefficient (Wildman–Crippen LogP) is 3.99. The third-order valence-electron chi connectivity index (χ3n) is 4.29. The highest BCUT2D eigenvalue weighted by Gasteiger charge is 2.19. The van der Waals surface area contributed by atoms with E-state index in [0.717, 1.165) is 18.0 Å². The second-order valence-electron chi connectivity index (χ2n) is 5.77. The Balaban J connectivity index is 2.17. The Morgan fingerprint density at radius 2 is 2.10 bits per heavy atom. The van der Waals surface area contributed by atoms with Crippen molar-refractivity contribution in [3.8, 4) is 0 Å². The number of fused-ring (bicyclic) bond motifs is 1. The van der Waals surface area contributed by atoms with Crippen LogP contribution in [-0.2, 0) is 0 Å². The van der Waals surface area contributed by atoms with Gasteiger partial charge in [-0.1, -0.05) is 46.5 Å². The molecule has 2 aromatic rings. The van der Waals surface area contributed by atoms with Crippen molar-refractivity contribution in [2.45, 2.75) is 58.9 Å². The lowest BCUT2D eigenvalue weighted by Gasteiger charge is -2.23. The van der Waals surface area contributed by atoms with E-state index in [1.165, 1.54) is 37.7 Å². The van der Waals surface area contributed by atoms with Crippen molar-refractivity contribution in [3.05, 3.63) is 30.4 Å². The topological polar surface area (TPSA) is 42.2 Å². The van der Waals surface area contributed by atoms with E-state index in [1.54, 1.807) is 6.20 Å². The van der Waals surface area contributed by atoms with Gasteiger partial charge in [0, 0.05) is 24.0 Å². The molecule has 0 radical (unpaired) electrons. The van der Waals surface area contributed by atoms with Gasteiger partial charge >= 0.3 is 0 Å². The summed E-state index contributed by atoms with van der Waals surface area (Å²) in [6, 6.07) is 0.374. The van der Waals surface area contributed by atoms with Gasteiger partial charge in [-0.15, -0.1) is 0 Å². The van der Waals surface area contributed by atoms with Crippen LogP contribution >= 0.6 is 0 Å². The molecule has 0 aliphatic carbocycles. The molecule has 4 heteroatoms. The van der Waals surface area contributed by atoms with Crippen molar-refractivity contribution in [2.24, 2.45) is 5.92 Å². The molecule has 0 aliphatic heterocycles. The molecule has 21 heavy (non-hydrogen) atoms. The molecule has 0 aliphatic rings. The Morgan fingerprint density at radius 1 is 1.24 bits per heavy atom. The second kappa shape index (κ2) is 8.13. The Bertz CT molecular complexity index is 534. The van der Waals surface area contributed by atoms with Gasteiger partial charge in [-0.25, -0.2) is 4.52 Å². The van der Waals surface area contributed by atoms with Crippen LogP contribution < -0.4 is 5.32 Å². The van der Waals surface area contributed by atoms with Crippen molar-refractivity contribution in [3.63, 3.8) is 0 Å². The smallest absolute Gasteiger partial charge is 0.0892 e. The highest BCUT2D eigenvalue weighted by Crippen LogP contribution is 2.28. The lowest BCUT2D eigenvalue weighted by atomic mass is 9.89.